The molecule has 7 heteroatoms. The van der Waals surface area contributed by atoms with Crippen LogP contribution in [0.5, 0.6) is 5.75 Å². The molecule has 0 saturated carbocycles. The van der Waals surface area contributed by atoms with Crippen LogP contribution in [0.25, 0.3) is 0 Å². The van der Waals surface area contributed by atoms with Crippen LogP contribution < -0.4 is 4.74 Å². The molecule has 0 bridgehead atoms. The van der Waals surface area contributed by atoms with E-state index in [0.717, 1.165) is 11.1 Å². The monoisotopic (exact) mass is 403 g/mol. The molecule has 2 aromatic carbocycles. The summed E-state index contributed by atoms with van der Waals surface area (Å²) in [5.41, 5.74) is 2.07. The minimum atomic E-state index is -3.57. The predicted molar refractivity (Wildman–Crippen MR) is 105 cm³/mol. The fraction of sp³-hybridized carbons (Fsp3) is 0.381. The van der Waals surface area contributed by atoms with Crippen molar-refractivity contribution >= 4 is 16.0 Å². The summed E-state index contributed by atoms with van der Waals surface area (Å²) in [4.78, 5) is 12.6. The Morgan fingerprint density at radius 3 is 2.39 bits per heavy atom. The number of esters is 1. The Morgan fingerprint density at radius 1 is 1.11 bits per heavy atom. The molecule has 0 aromatic heterocycles. The van der Waals surface area contributed by atoms with Gasteiger partial charge in [-0.15, -0.1) is 0 Å². The maximum Gasteiger partial charge on any atom is 0.309 e. The quantitative estimate of drug-likeness (QED) is 0.693. The van der Waals surface area contributed by atoms with Gasteiger partial charge in [-0.2, -0.15) is 4.31 Å². The zero-order valence-electron chi connectivity index (χ0n) is 16.1. The second kappa shape index (κ2) is 8.75. The minimum absolute atomic E-state index is 0.230. The lowest BCUT2D eigenvalue weighted by molar-refractivity contribution is -0.151. The van der Waals surface area contributed by atoms with Gasteiger partial charge in [0.2, 0.25) is 10.0 Å². The third kappa shape index (κ3) is 4.72. The molecule has 1 heterocycles. The van der Waals surface area contributed by atoms with E-state index < -0.39 is 10.0 Å². The first-order valence-corrected chi connectivity index (χ1v) is 10.7. The van der Waals surface area contributed by atoms with Crippen LogP contribution >= 0.6 is 0 Å². The zero-order valence-corrected chi connectivity index (χ0v) is 16.9. The molecular formula is C21H25NO5S. The van der Waals surface area contributed by atoms with Crippen LogP contribution in [-0.4, -0.2) is 38.9 Å². The summed E-state index contributed by atoms with van der Waals surface area (Å²) in [6.45, 7) is 2.84. The Labute approximate surface area is 166 Å². The number of ether oxygens (including phenoxy) is 2. The number of sulfonamides is 1. The first-order valence-electron chi connectivity index (χ1n) is 9.26. The number of piperidine rings is 1. The Bertz CT molecular complexity index is 916. The highest BCUT2D eigenvalue weighted by Crippen LogP contribution is 2.26. The largest absolute Gasteiger partial charge is 0.497 e. The summed E-state index contributed by atoms with van der Waals surface area (Å²) < 4.78 is 37.5. The average molecular weight is 404 g/mol. The van der Waals surface area contributed by atoms with Gasteiger partial charge in [0.15, 0.2) is 0 Å². The highest BCUT2D eigenvalue weighted by Gasteiger charge is 2.32. The van der Waals surface area contributed by atoms with Crippen molar-refractivity contribution in [3.8, 4) is 5.75 Å². The number of carbonyl (C=O) groups excluding carboxylic acids is 1. The van der Waals surface area contributed by atoms with Crippen molar-refractivity contribution in [1.29, 1.82) is 0 Å². The fourth-order valence-corrected chi connectivity index (χ4v) is 4.77. The molecular weight excluding hydrogens is 378 g/mol. The summed E-state index contributed by atoms with van der Waals surface area (Å²) in [5, 5.41) is 0. The second-order valence-corrected chi connectivity index (χ2v) is 8.89. The molecule has 0 atom stereocenters. The summed E-state index contributed by atoms with van der Waals surface area (Å²) in [7, 11) is -2.04. The van der Waals surface area contributed by atoms with Crippen molar-refractivity contribution in [3.05, 3.63) is 59.7 Å². The van der Waals surface area contributed by atoms with E-state index in [1.54, 1.807) is 12.1 Å². The Kier molecular flexibility index (Phi) is 6.36. The summed E-state index contributed by atoms with van der Waals surface area (Å²) in [5.74, 6) is 0.0733. The van der Waals surface area contributed by atoms with Crippen LogP contribution in [0.1, 0.15) is 24.0 Å². The van der Waals surface area contributed by atoms with Gasteiger partial charge in [-0.05, 0) is 49.6 Å². The van der Waals surface area contributed by atoms with Crippen LogP contribution in [0.4, 0.5) is 0 Å². The Morgan fingerprint density at radius 2 is 1.79 bits per heavy atom. The molecule has 1 fully saturated rings. The van der Waals surface area contributed by atoms with Crippen LogP contribution in [-0.2, 0) is 26.2 Å². The minimum Gasteiger partial charge on any atom is -0.497 e. The van der Waals surface area contributed by atoms with Gasteiger partial charge in [-0.25, -0.2) is 8.42 Å². The van der Waals surface area contributed by atoms with E-state index in [4.69, 9.17) is 9.47 Å². The fourth-order valence-electron chi connectivity index (χ4n) is 3.30. The lowest BCUT2D eigenvalue weighted by Gasteiger charge is -2.30. The third-order valence-corrected chi connectivity index (χ3v) is 6.86. The number of hydrogen-bond acceptors (Lipinski definition) is 5. The third-order valence-electron chi connectivity index (χ3n) is 4.95. The van der Waals surface area contributed by atoms with Crippen LogP contribution in [0.15, 0.2) is 53.4 Å². The van der Waals surface area contributed by atoms with Gasteiger partial charge in [-0.3, -0.25) is 4.79 Å². The maximum absolute atomic E-state index is 12.8. The molecule has 3 rings (SSSR count). The molecule has 0 amide bonds. The van der Waals surface area contributed by atoms with E-state index in [0.29, 0.717) is 31.7 Å². The molecule has 0 N–H and O–H groups in total. The average Bonchev–Trinajstić information content (AvgIpc) is 2.72. The van der Waals surface area contributed by atoms with Gasteiger partial charge in [0.25, 0.3) is 0 Å². The molecule has 0 spiro atoms. The van der Waals surface area contributed by atoms with Gasteiger partial charge in [0, 0.05) is 13.1 Å². The van der Waals surface area contributed by atoms with E-state index in [1.165, 1.54) is 23.5 Å². The van der Waals surface area contributed by atoms with Crippen molar-refractivity contribution < 1.29 is 22.7 Å². The van der Waals surface area contributed by atoms with Crippen molar-refractivity contribution in [2.75, 3.05) is 20.2 Å². The highest BCUT2D eigenvalue weighted by atomic mass is 32.2. The molecule has 0 aliphatic carbocycles. The smallest absolute Gasteiger partial charge is 0.309 e. The van der Waals surface area contributed by atoms with Crippen molar-refractivity contribution in [1.82, 2.24) is 4.31 Å². The van der Waals surface area contributed by atoms with Crippen molar-refractivity contribution in [2.24, 2.45) is 5.92 Å². The van der Waals surface area contributed by atoms with Gasteiger partial charge >= 0.3 is 5.97 Å². The molecule has 1 aliphatic rings. The van der Waals surface area contributed by atoms with E-state index in [1.807, 2.05) is 31.2 Å². The number of aryl methyl sites for hydroxylation is 1. The molecule has 2 aromatic rings. The lowest BCUT2D eigenvalue weighted by Crippen LogP contribution is -2.40. The Balaban J connectivity index is 1.55. The van der Waals surface area contributed by atoms with E-state index in [2.05, 4.69) is 0 Å². The van der Waals surface area contributed by atoms with Crippen molar-refractivity contribution in [2.45, 2.75) is 31.3 Å². The Hall–Kier alpha value is -2.38. The zero-order chi connectivity index (χ0) is 20.1. The van der Waals surface area contributed by atoms with Crippen molar-refractivity contribution in [3.63, 3.8) is 0 Å². The molecule has 6 nitrogen and oxygen atoms in total. The molecule has 1 saturated heterocycles. The van der Waals surface area contributed by atoms with Gasteiger partial charge in [-0.1, -0.05) is 29.8 Å². The standard InChI is InChI=1S/C21H25NO5S/c1-16-4-3-5-17(14-16)15-27-21(23)18-10-12-22(13-11-18)28(24,25)20-8-6-19(26-2)7-9-20/h3-9,14,18H,10-13,15H2,1-2H3. The number of benzene rings is 2. The normalized spacial score (nSPS) is 15.9. The molecule has 28 heavy (non-hydrogen) atoms. The van der Waals surface area contributed by atoms with E-state index in [9.17, 15) is 13.2 Å². The second-order valence-electron chi connectivity index (χ2n) is 6.95. The number of carbonyl (C=O) groups is 1. The maximum atomic E-state index is 12.8. The molecule has 0 unspecified atom stereocenters. The SMILES string of the molecule is COc1ccc(S(=O)(=O)N2CCC(C(=O)OCc3cccc(C)c3)CC2)cc1. The lowest BCUT2D eigenvalue weighted by atomic mass is 9.98. The van der Waals surface area contributed by atoms with E-state index >= 15 is 0 Å². The molecule has 0 radical (unpaired) electrons. The highest BCUT2D eigenvalue weighted by molar-refractivity contribution is 7.89. The van der Waals surface area contributed by atoms with Gasteiger partial charge in [0.1, 0.15) is 12.4 Å². The summed E-state index contributed by atoms with van der Waals surface area (Å²) in [6, 6.07) is 14.2. The van der Waals surface area contributed by atoms with Crippen LogP contribution in [0.3, 0.4) is 0 Å². The summed E-state index contributed by atoms with van der Waals surface area (Å²) >= 11 is 0. The molecule has 150 valence electrons. The van der Waals surface area contributed by atoms with E-state index in [-0.39, 0.29) is 23.4 Å². The first-order chi connectivity index (χ1) is 13.4. The number of methoxy groups -OCH3 is 1. The van der Waals surface area contributed by atoms with Crippen LogP contribution in [0.2, 0.25) is 0 Å². The topological polar surface area (TPSA) is 72.9 Å². The number of nitrogens with zero attached hydrogens (tertiary/aromatic N) is 1. The number of rotatable bonds is 6. The predicted octanol–water partition coefficient (Wildman–Crippen LogP) is 3.15. The van der Waals surface area contributed by atoms with Crippen LogP contribution in [0, 0.1) is 12.8 Å². The number of hydrogen-bond donors (Lipinski definition) is 0. The van der Waals surface area contributed by atoms with Gasteiger partial charge < -0.3 is 9.47 Å². The van der Waals surface area contributed by atoms with Gasteiger partial charge in [0.05, 0.1) is 17.9 Å². The first kappa shape index (κ1) is 20.4. The summed E-state index contributed by atoms with van der Waals surface area (Å²) in [6.07, 6.45) is 0.921. The molecule has 1 aliphatic heterocycles.